The summed E-state index contributed by atoms with van der Waals surface area (Å²) in [7, 11) is -3.48. The molecule has 21 heavy (non-hydrogen) atoms. The van der Waals surface area contributed by atoms with Gasteiger partial charge in [-0.3, -0.25) is 4.72 Å². The number of halogens is 1. The van der Waals surface area contributed by atoms with Crippen molar-refractivity contribution >= 4 is 21.4 Å². The maximum atomic E-state index is 13.6. The second-order valence-electron chi connectivity index (χ2n) is 5.99. The lowest BCUT2D eigenvalue weighted by molar-refractivity contribution is 0.472. The van der Waals surface area contributed by atoms with Gasteiger partial charge in [-0.1, -0.05) is 12.2 Å². The summed E-state index contributed by atoms with van der Waals surface area (Å²) in [6.07, 6.45) is 8.05. The Bertz CT molecular complexity index is 672. The normalized spacial score (nSPS) is 27.0. The van der Waals surface area contributed by atoms with Gasteiger partial charge in [0.25, 0.3) is 0 Å². The Morgan fingerprint density at radius 3 is 2.71 bits per heavy atom. The lowest BCUT2D eigenvalue weighted by Gasteiger charge is -2.19. The minimum atomic E-state index is -3.48. The molecule has 4 nitrogen and oxygen atoms in total. The van der Waals surface area contributed by atoms with Gasteiger partial charge in [-0.05, 0) is 48.8 Å². The molecule has 0 radical (unpaired) electrons. The van der Waals surface area contributed by atoms with Crippen LogP contribution in [0, 0.1) is 23.6 Å². The van der Waals surface area contributed by atoms with Crippen molar-refractivity contribution in [2.75, 3.05) is 22.8 Å². The van der Waals surface area contributed by atoms with E-state index in [4.69, 9.17) is 0 Å². The first-order chi connectivity index (χ1) is 9.90. The summed E-state index contributed by atoms with van der Waals surface area (Å²) >= 11 is 0. The molecule has 114 valence electrons. The third-order valence-electron chi connectivity index (χ3n) is 4.25. The molecule has 0 spiro atoms. The molecule has 1 saturated carbocycles. The van der Waals surface area contributed by atoms with Gasteiger partial charge in [0.15, 0.2) is 0 Å². The van der Waals surface area contributed by atoms with Crippen LogP contribution in [0.2, 0.25) is 0 Å². The van der Waals surface area contributed by atoms with Crippen molar-refractivity contribution in [3.63, 3.8) is 0 Å². The van der Waals surface area contributed by atoms with Crippen LogP contribution in [0.5, 0.6) is 0 Å². The van der Waals surface area contributed by atoms with E-state index in [9.17, 15) is 12.8 Å². The highest BCUT2D eigenvalue weighted by atomic mass is 32.2. The van der Waals surface area contributed by atoms with E-state index < -0.39 is 15.8 Å². The molecule has 3 rings (SSSR count). The van der Waals surface area contributed by atoms with Gasteiger partial charge in [-0.15, -0.1) is 0 Å². The van der Waals surface area contributed by atoms with E-state index in [0.29, 0.717) is 11.8 Å². The van der Waals surface area contributed by atoms with Crippen LogP contribution in [0.3, 0.4) is 0 Å². The van der Waals surface area contributed by atoms with Crippen molar-refractivity contribution in [2.45, 2.75) is 12.8 Å². The number of fused-ring (bicyclic) bond motifs is 2. The highest BCUT2D eigenvalue weighted by Crippen LogP contribution is 2.43. The number of allylic oxidation sites excluding steroid dienone is 2. The molecular weight excluding hydrogens is 291 g/mol. The molecule has 1 aromatic rings. The zero-order valence-electron chi connectivity index (χ0n) is 11.8. The summed E-state index contributed by atoms with van der Waals surface area (Å²) in [5.41, 5.74) is 0.713. The molecule has 2 N–H and O–H groups in total. The van der Waals surface area contributed by atoms with Crippen molar-refractivity contribution in [2.24, 2.45) is 17.8 Å². The molecule has 3 atom stereocenters. The Morgan fingerprint density at radius 2 is 2.10 bits per heavy atom. The van der Waals surface area contributed by atoms with Crippen LogP contribution in [0.1, 0.15) is 12.8 Å². The van der Waals surface area contributed by atoms with Crippen molar-refractivity contribution in [3.05, 3.63) is 36.2 Å². The molecule has 3 unspecified atom stereocenters. The number of sulfonamides is 1. The Labute approximate surface area is 124 Å². The van der Waals surface area contributed by atoms with Gasteiger partial charge in [0.05, 0.1) is 11.9 Å². The second kappa shape index (κ2) is 5.33. The van der Waals surface area contributed by atoms with E-state index >= 15 is 0 Å². The van der Waals surface area contributed by atoms with Crippen LogP contribution in [0.15, 0.2) is 30.4 Å². The van der Waals surface area contributed by atoms with Gasteiger partial charge < -0.3 is 5.32 Å². The highest BCUT2D eigenvalue weighted by Gasteiger charge is 2.35. The Hall–Kier alpha value is -1.56. The van der Waals surface area contributed by atoms with E-state index in [1.807, 2.05) is 0 Å². The van der Waals surface area contributed by atoms with Crippen LogP contribution in [0.4, 0.5) is 15.8 Å². The van der Waals surface area contributed by atoms with E-state index in [2.05, 4.69) is 22.2 Å². The standard InChI is InChI=1S/C15H19FN2O2S/c1-21(19,20)18-15-8-13(4-5-14(15)16)17-9-12-7-10-2-3-11(12)6-10/h2-5,8,10-12,17-18H,6-7,9H2,1H3. The van der Waals surface area contributed by atoms with Crippen LogP contribution in [-0.2, 0) is 10.0 Å². The Morgan fingerprint density at radius 1 is 1.29 bits per heavy atom. The zero-order valence-corrected chi connectivity index (χ0v) is 12.7. The molecule has 0 aromatic heterocycles. The smallest absolute Gasteiger partial charge is 0.229 e. The first kappa shape index (κ1) is 14.4. The van der Waals surface area contributed by atoms with Crippen molar-refractivity contribution < 1.29 is 12.8 Å². The predicted molar refractivity (Wildman–Crippen MR) is 82.2 cm³/mol. The van der Waals surface area contributed by atoms with Crippen molar-refractivity contribution in [3.8, 4) is 0 Å². The summed E-state index contributed by atoms with van der Waals surface area (Å²) in [4.78, 5) is 0. The molecule has 2 bridgehead atoms. The number of rotatable bonds is 5. The SMILES string of the molecule is CS(=O)(=O)Nc1cc(NCC2CC3C=CC2C3)ccc1F. The zero-order chi connectivity index (χ0) is 15.0. The van der Waals surface area contributed by atoms with Gasteiger partial charge in [-0.25, -0.2) is 12.8 Å². The predicted octanol–water partition coefficient (Wildman–Crippen LogP) is 2.82. The lowest BCUT2D eigenvalue weighted by Crippen LogP contribution is -2.18. The largest absolute Gasteiger partial charge is 0.385 e. The Kier molecular flexibility index (Phi) is 3.65. The summed E-state index contributed by atoms with van der Waals surface area (Å²) in [5.74, 6) is 1.40. The summed E-state index contributed by atoms with van der Waals surface area (Å²) < 4.78 is 38.2. The number of anilines is 2. The molecule has 0 heterocycles. The second-order valence-corrected chi connectivity index (χ2v) is 7.74. The van der Waals surface area contributed by atoms with Crippen LogP contribution >= 0.6 is 0 Å². The molecule has 1 fully saturated rings. The number of nitrogens with one attached hydrogen (secondary N) is 2. The average molecular weight is 310 g/mol. The fourth-order valence-electron chi connectivity index (χ4n) is 3.29. The first-order valence-electron chi connectivity index (χ1n) is 7.10. The minimum Gasteiger partial charge on any atom is -0.385 e. The number of hydrogen-bond donors (Lipinski definition) is 2. The molecule has 6 heteroatoms. The molecule has 1 aromatic carbocycles. The molecule has 2 aliphatic carbocycles. The fraction of sp³-hybridized carbons (Fsp3) is 0.467. The number of benzene rings is 1. The maximum absolute atomic E-state index is 13.6. The lowest BCUT2D eigenvalue weighted by atomic mass is 9.93. The summed E-state index contributed by atoms with van der Waals surface area (Å²) in [6.45, 7) is 0.829. The Balaban J connectivity index is 1.66. The van der Waals surface area contributed by atoms with Crippen molar-refractivity contribution in [1.29, 1.82) is 0 Å². The van der Waals surface area contributed by atoms with Crippen LogP contribution in [0.25, 0.3) is 0 Å². The van der Waals surface area contributed by atoms with Crippen LogP contribution in [-0.4, -0.2) is 21.2 Å². The molecule has 0 amide bonds. The van der Waals surface area contributed by atoms with E-state index in [1.165, 1.54) is 25.0 Å². The van der Waals surface area contributed by atoms with E-state index in [0.717, 1.165) is 24.4 Å². The van der Waals surface area contributed by atoms with Crippen molar-refractivity contribution in [1.82, 2.24) is 0 Å². The topological polar surface area (TPSA) is 58.2 Å². The van der Waals surface area contributed by atoms with E-state index in [-0.39, 0.29) is 5.69 Å². The van der Waals surface area contributed by atoms with E-state index in [1.54, 1.807) is 6.07 Å². The fourth-order valence-corrected chi connectivity index (χ4v) is 3.85. The van der Waals surface area contributed by atoms with Gasteiger partial charge in [-0.2, -0.15) is 0 Å². The molecule has 2 aliphatic rings. The van der Waals surface area contributed by atoms with Gasteiger partial charge in [0, 0.05) is 12.2 Å². The summed E-state index contributed by atoms with van der Waals surface area (Å²) in [5, 5.41) is 3.29. The number of hydrogen-bond acceptors (Lipinski definition) is 3. The van der Waals surface area contributed by atoms with Gasteiger partial charge >= 0.3 is 0 Å². The molecule has 0 saturated heterocycles. The third-order valence-corrected chi connectivity index (χ3v) is 4.84. The summed E-state index contributed by atoms with van der Waals surface area (Å²) in [6, 6.07) is 4.40. The monoisotopic (exact) mass is 310 g/mol. The van der Waals surface area contributed by atoms with Gasteiger partial charge in [0.2, 0.25) is 10.0 Å². The first-order valence-corrected chi connectivity index (χ1v) is 8.99. The maximum Gasteiger partial charge on any atom is 0.229 e. The van der Waals surface area contributed by atoms with Gasteiger partial charge in [0.1, 0.15) is 5.82 Å². The molecule has 0 aliphatic heterocycles. The quantitative estimate of drug-likeness (QED) is 0.822. The molecular formula is C15H19FN2O2S. The third kappa shape index (κ3) is 3.37. The minimum absolute atomic E-state index is 0.0182. The highest BCUT2D eigenvalue weighted by molar-refractivity contribution is 7.92. The van der Waals surface area contributed by atoms with Crippen LogP contribution < -0.4 is 10.0 Å². The average Bonchev–Trinajstić information content (AvgIpc) is 3.00.